The van der Waals surface area contributed by atoms with Crippen LogP contribution in [0, 0.1) is 11.8 Å². The number of aryl methyl sites for hydroxylation is 1. The van der Waals surface area contributed by atoms with Crippen molar-refractivity contribution in [2.75, 3.05) is 19.6 Å². The van der Waals surface area contributed by atoms with E-state index in [0.717, 1.165) is 24.2 Å². The minimum absolute atomic E-state index is 0.0599. The number of nitrogens with zero attached hydrogens (tertiary/aromatic N) is 5. The van der Waals surface area contributed by atoms with Crippen LogP contribution in [-0.2, 0) is 29.6 Å². The summed E-state index contributed by atoms with van der Waals surface area (Å²) < 4.78 is 1.70. The molecule has 2 atom stereocenters. The molecule has 2 fully saturated rings. The lowest BCUT2D eigenvalue weighted by molar-refractivity contribution is -0.140. The fraction of sp³-hybridized carbons (Fsp3) is 0.474. The number of fused-ring (bicyclic) bond motifs is 1. The molecular formula is C19H23N5O2. The Morgan fingerprint density at radius 2 is 2.19 bits per heavy atom. The van der Waals surface area contributed by atoms with Crippen LogP contribution >= 0.6 is 0 Å². The van der Waals surface area contributed by atoms with E-state index in [1.165, 1.54) is 0 Å². The van der Waals surface area contributed by atoms with Crippen molar-refractivity contribution < 1.29 is 9.59 Å². The van der Waals surface area contributed by atoms with E-state index in [2.05, 4.69) is 10.1 Å². The van der Waals surface area contributed by atoms with Crippen molar-refractivity contribution in [3.63, 3.8) is 0 Å². The molecule has 0 N–H and O–H groups in total. The smallest absolute Gasteiger partial charge is 0.228 e. The van der Waals surface area contributed by atoms with E-state index >= 15 is 0 Å². The van der Waals surface area contributed by atoms with Crippen LogP contribution < -0.4 is 0 Å². The van der Waals surface area contributed by atoms with Gasteiger partial charge in [0.15, 0.2) is 0 Å². The molecule has 2 aliphatic rings. The molecule has 2 aromatic rings. The van der Waals surface area contributed by atoms with E-state index in [1.54, 1.807) is 17.1 Å². The summed E-state index contributed by atoms with van der Waals surface area (Å²) in [7, 11) is 1.84. The first-order valence-electron chi connectivity index (χ1n) is 9.04. The molecule has 7 nitrogen and oxygen atoms in total. The Labute approximate surface area is 152 Å². The van der Waals surface area contributed by atoms with E-state index in [9.17, 15) is 9.59 Å². The molecule has 0 bridgehead atoms. The molecule has 136 valence electrons. The molecule has 4 rings (SSSR count). The number of rotatable bonds is 4. The van der Waals surface area contributed by atoms with Crippen molar-refractivity contribution in [3.8, 4) is 0 Å². The Bertz CT molecular complexity index is 803. The second kappa shape index (κ2) is 6.90. The van der Waals surface area contributed by atoms with Crippen LogP contribution in [0.4, 0.5) is 0 Å². The summed E-state index contributed by atoms with van der Waals surface area (Å²) in [5, 5.41) is 4.27. The van der Waals surface area contributed by atoms with Crippen LogP contribution in [0.5, 0.6) is 0 Å². The lowest BCUT2D eigenvalue weighted by atomic mass is 9.88. The minimum atomic E-state index is -0.0758. The Hall–Kier alpha value is -2.70. The molecule has 2 aliphatic heterocycles. The second-order valence-electron chi connectivity index (χ2n) is 7.23. The molecule has 0 radical (unpaired) electrons. The normalized spacial score (nSPS) is 22.6. The van der Waals surface area contributed by atoms with Gasteiger partial charge in [0.05, 0.1) is 18.0 Å². The minimum Gasteiger partial charge on any atom is -0.341 e. The molecule has 0 aliphatic carbocycles. The van der Waals surface area contributed by atoms with Crippen molar-refractivity contribution in [2.24, 2.45) is 18.9 Å². The molecule has 2 amide bonds. The van der Waals surface area contributed by atoms with Crippen molar-refractivity contribution in [3.05, 3.63) is 48.0 Å². The summed E-state index contributed by atoms with van der Waals surface area (Å²) in [6.45, 7) is 2.55. The van der Waals surface area contributed by atoms with E-state index in [1.807, 2.05) is 41.2 Å². The first-order valence-corrected chi connectivity index (χ1v) is 9.04. The number of hydrogen-bond donors (Lipinski definition) is 0. The first-order chi connectivity index (χ1) is 12.6. The predicted molar refractivity (Wildman–Crippen MR) is 94.7 cm³/mol. The van der Waals surface area contributed by atoms with Gasteiger partial charge in [-0.05, 0) is 30.0 Å². The van der Waals surface area contributed by atoms with E-state index in [4.69, 9.17) is 0 Å². The Balaban J connectivity index is 1.38. The van der Waals surface area contributed by atoms with Gasteiger partial charge in [-0.15, -0.1) is 0 Å². The topological polar surface area (TPSA) is 71.3 Å². The van der Waals surface area contributed by atoms with Crippen LogP contribution in [-0.4, -0.2) is 56.0 Å². The van der Waals surface area contributed by atoms with Crippen LogP contribution in [0.2, 0.25) is 0 Å². The molecule has 2 aromatic heterocycles. The number of carbonyl (C=O) groups excluding carboxylic acids is 2. The van der Waals surface area contributed by atoms with Crippen LogP contribution in [0.1, 0.15) is 17.7 Å². The zero-order chi connectivity index (χ0) is 18.1. The average molecular weight is 353 g/mol. The van der Waals surface area contributed by atoms with Gasteiger partial charge in [0.1, 0.15) is 0 Å². The Kier molecular flexibility index (Phi) is 4.44. The monoisotopic (exact) mass is 353 g/mol. The fourth-order valence-corrected chi connectivity index (χ4v) is 4.01. The first kappa shape index (κ1) is 16.8. The number of pyridine rings is 1. The van der Waals surface area contributed by atoms with Gasteiger partial charge in [0.2, 0.25) is 11.8 Å². The zero-order valence-electron chi connectivity index (χ0n) is 14.9. The number of likely N-dealkylation sites (tertiary alicyclic amines) is 2. The van der Waals surface area contributed by atoms with Gasteiger partial charge in [-0.3, -0.25) is 19.3 Å². The maximum absolute atomic E-state index is 12.9. The summed E-state index contributed by atoms with van der Waals surface area (Å²) >= 11 is 0. The van der Waals surface area contributed by atoms with Crippen molar-refractivity contribution in [1.82, 2.24) is 24.6 Å². The number of amides is 2. The highest BCUT2D eigenvalue weighted by molar-refractivity contribution is 5.84. The molecule has 4 heterocycles. The van der Waals surface area contributed by atoms with Gasteiger partial charge in [-0.1, -0.05) is 6.07 Å². The lowest BCUT2D eigenvalue weighted by Crippen LogP contribution is -2.44. The highest BCUT2D eigenvalue weighted by Gasteiger charge is 2.44. The van der Waals surface area contributed by atoms with E-state index in [0.29, 0.717) is 26.1 Å². The van der Waals surface area contributed by atoms with Crippen LogP contribution in [0.15, 0.2) is 36.8 Å². The van der Waals surface area contributed by atoms with Crippen LogP contribution in [0.3, 0.4) is 0 Å². The molecule has 26 heavy (non-hydrogen) atoms. The molecule has 0 spiro atoms. The average Bonchev–Trinajstić information content (AvgIpc) is 3.25. The van der Waals surface area contributed by atoms with Crippen molar-refractivity contribution in [1.29, 1.82) is 0 Å². The second-order valence-corrected chi connectivity index (χ2v) is 7.23. The largest absolute Gasteiger partial charge is 0.341 e. The maximum Gasteiger partial charge on any atom is 0.228 e. The number of aromatic nitrogens is 3. The molecule has 0 aromatic carbocycles. The third-order valence-electron chi connectivity index (χ3n) is 5.39. The van der Waals surface area contributed by atoms with Gasteiger partial charge in [-0.25, -0.2) is 0 Å². The van der Waals surface area contributed by atoms with Gasteiger partial charge >= 0.3 is 0 Å². The molecule has 0 saturated carbocycles. The predicted octanol–water partition coefficient (Wildman–Crippen LogP) is 0.865. The zero-order valence-corrected chi connectivity index (χ0v) is 14.9. The van der Waals surface area contributed by atoms with Gasteiger partial charge in [0, 0.05) is 51.8 Å². The fourth-order valence-electron chi connectivity index (χ4n) is 4.01. The maximum atomic E-state index is 12.9. The summed E-state index contributed by atoms with van der Waals surface area (Å²) in [5.74, 6) is 0.427. The number of hydrogen-bond acceptors (Lipinski definition) is 4. The van der Waals surface area contributed by atoms with E-state index in [-0.39, 0.29) is 23.7 Å². The summed E-state index contributed by atoms with van der Waals surface area (Å²) in [6, 6.07) is 5.74. The third-order valence-corrected chi connectivity index (χ3v) is 5.39. The number of carbonyl (C=O) groups is 2. The lowest BCUT2D eigenvalue weighted by Gasteiger charge is -2.33. The van der Waals surface area contributed by atoms with Crippen molar-refractivity contribution in [2.45, 2.75) is 19.4 Å². The quantitative estimate of drug-likeness (QED) is 0.818. The highest BCUT2D eigenvalue weighted by atomic mass is 16.2. The standard InChI is InChI=1S/C19H23N5O2/c1-22-7-5-16(21-22)9-18(25)24-12-15-4-8-23(19(26)17(15)13-24)11-14-3-2-6-20-10-14/h2-3,5-7,10,15,17H,4,8-9,11-13H2,1H3/t15-,17+/m0/s1. The molecule has 2 saturated heterocycles. The third kappa shape index (κ3) is 3.34. The van der Waals surface area contributed by atoms with E-state index < -0.39 is 0 Å². The molecular weight excluding hydrogens is 330 g/mol. The Morgan fingerprint density at radius 3 is 2.92 bits per heavy atom. The summed E-state index contributed by atoms with van der Waals surface area (Å²) in [4.78, 5) is 33.4. The molecule has 7 heteroatoms. The molecule has 0 unspecified atom stereocenters. The van der Waals surface area contributed by atoms with Gasteiger partial charge in [0.25, 0.3) is 0 Å². The van der Waals surface area contributed by atoms with Gasteiger partial charge < -0.3 is 9.80 Å². The van der Waals surface area contributed by atoms with Crippen LogP contribution in [0.25, 0.3) is 0 Å². The SMILES string of the molecule is Cn1ccc(CC(=O)N2C[C@@H]3CCN(Cc4cccnc4)C(=O)[C@@H]3C2)n1. The Morgan fingerprint density at radius 1 is 1.31 bits per heavy atom. The summed E-state index contributed by atoms with van der Waals surface area (Å²) in [6.07, 6.45) is 6.63. The van der Waals surface area contributed by atoms with Crippen molar-refractivity contribution >= 4 is 11.8 Å². The van der Waals surface area contributed by atoms with Gasteiger partial charge in [-0.2, -0.15) is 5.10 Å². The highest BCUT2D eigenvalue weighted by Crippen LogP contribution is 2.33. The number of piperidine rings is 1. The summed E-state index contributed by atoms with van der Waals surface area (Å²) in [5.41, 5.74) is 1.82.